The van der Waals surface area contributed by atoms with Crippen LogP contribution in [-0.4, -0.2) is 27.0 Å². The highest BCUT2D eigenvalue weighted by Gasteiger charge is 2.41. The Kier molecular flexibility index (Phi) is 3.81. The number of hydrogen-bond acceptors (Lipinski definition) is 3. The minimum Gasteiger partial charge on any atom is -0.376 e. The van der Waals surface area contributed by atoms with Crippen LogP contribution in [0.25, 0.3) is 0 Å². The van der Waals surface area contributed by atoms with E-state index in [1.54, 1.807) is 12.7 Å². The molecule has 1 aliphatic rings. The molecule has 1 aromatic carbocycles. The minimum atomic E-state index is -0.0682. The fraction of sp³-hybridized carbons (Fsp3) is 0.529. The normalized spacial score (nSPS) is 24.9. The van der Waals surface area contributed by atoms with Crippen molar-refractivity contribution in [1.82, 2.24) is 14.8 Å². The Bertz CT molecular complexity index is 565. The molecule has 1 atom stereocenters. The first kappa shape index (κ1) is 14.3. The van der Waals surface area contributed by atoms with Gasteiger partial charge in [0.2, 0.25) is 0 Å². The van der Waals surface area contributed by atoms with E-state index in [9.17, 15) is 0 Å². The number of hydrogen-bond donors (Lipinski definition) is 0. The molecule has 4 heteroatoms. The van der Waals surface area contributed by atoms with E-state index in [1.807, 2.05) is 0 Å². The number of nitrogens with zero attached hydrogens (tertiary/aromatic N) is 3. The van der Waals surface area contributed by atoms with Crippen molar-refractivity contribution in [3.05, 3.63) is 48.5 Å². The molecular formula is C17H23N3O. The van der Waals surface area contributed by atoms with E-state index in [0.717, 1.165) is 32.4 Å². The maximum Gasteiger partial charge on any atom is 0.119 e. The third-order valence-corrected chi connectivity index (χ3v) is 4.54. The predicted molar refractivity (Wildman–Crippen MR) is 82.0 cm³/mol. The van der Waals surface area contributed by atoms with Crippen molar-refractivity contribution in [2.24, 2.45) is 0 Å². The van der Waals surface area contributed by atoms with Crippen LogP contribution in [0.5, 0.6) is 0 Å². The van der Waals surface area contributed by atoms with Gasteiger partial charge in [0.05, 0.1) is 5.60 Å². The molecule has 1 aliphatic heterocycles. The molecule has 0 saturated carbocycles. The third kappa shape index (κ3) is 3.16. The summed E-state index contributed by atoms with van der Waals surface area (Å²) in [7, 11) is 0. The van der Waals surface area contributed by atoms with Gasteiger partial charge in [-0.3, -0.25) is 0 Å². The fourth-order valence-electron chi connectivity index (χ4n) is 3.55. The predicted octanol–water partition coefficient (Wildman–Crippen LogP) is 3.20. The average Bonchev–Trinajstić information content (AvgIpc) is 2.98. The van der Waals surface area contributed by atoms with Crippen molar-refractivity contribution in [2.75, 3.05) is 6.61 Å². The van der Waals surface area contributed by atoms with E-state index in [2.05, 4.69) is 58.9 Å². The maximum absolute atomic E-state index is 5.95. The standard InChI is InChI=1S/C17H23N3O/c1-16(2)12-17(9-11-21-16,15-6-4-3-5-7-15)8-10-20-13-18-19-14-20/h3-7,13-14H,8-12H2,1-2H3. The lowest BCUT2D eigenvalue weighted by Crippen LogP contribution is -2.44. The molecule has 0 N–H and O–H groups in total. The van der Waals surface area contributed by atoms with Gasteiger partial charge in [-0.15, -0.1) is 10.2 Å². The topological polar surface area (TPSA) is 39.9 Å². The molecule has 0 aliphatic carbocycles. The molecule has 1 aromatic heterocycles. The van der Waals surface area contributed by atoms with Crippen LogP contribution < -0.4 is 0 Å². The van der Waals surface area contributed by atoms with Crippen LogP contribution >= 0.6 is 0 Å². The van der Waals surface area contributed by atoms with Crippen LogP contribution in [0.4, 0.5) is 0 Å². The van der Waals surface area contributed by atoms with E-state index in [0.29, 0.717) is 0 Å². The fourth-order valence-corrected chi connectivity index (χ4v) is 3.55. The molecule has 21 heavy (non-hydrogen) atoms. The molecule has 0 spiro atoms. The summed E-state index contributed by atoms with van der Waals surface area (Å²) < 4.78 is 8.01. The quantitative estimate of drug-likeness (QED) is 0.866. The first-order valence-corrected chi connectivity index (χ1v) is 7.62. The lowest BCUT2D eigenvalue weighted by molar-refractivity contribution is -0.0848. The highest BCUT2D eigenvalue weighted by Crippen LogP contribution is 2.44. The van der Waals surface area contributed by atoms with E-state index in [1.165, 1.54) is 5.56 Å². The van der Waals surface area contributed by atoms with Gasteiger partial charge in [0.15, 0.2) is 0 Å². The number of rotatable bonds is 4. The van der Waals surface area contributed by atoms with Crippen molar-refractivity contribution < 1.29 is 4.74 Å². The number of benzene rings is 1. The van der Waals surface area contributed by atoms with Gasteiger partial charge in [0.1, 0.15) is 12.7 Å². The summed E-state index contributed by atoms with van der Waals surface area (Å²) in [5.41, 5.74) is 1.53. The third-order valence-electron chi connectivity index (χ3n) is 4.54. The Balaban J connectivity index is 1.87. The van der Waals surface area contributed by atoms with E-state index in [-0.39, 0.29) is 11.0 Å². The number of aryl methyl sites for hydroxylation is 1. The van der Waals surface area contributed by atoms with Gasteiger partial charge in [-0.2, -0.15) is 0 Å². The van der Waals surface area contributed by atoms with E-state index < -0.39 is 0 Å². The zero-order valence-corrected chi connectivity index (χ0v) is 12.8. The summed E-state index contributed by atoms with van der Waals surface area (Å²) >= 11 is 0. The molecule has 112 valence electrons. The zero-order valence-electron chi connectivity index (χ0n) is 12.8. The largest absolute Gasteiger partial charge is 0.376 e. The van der Waals surface area contributed by atoms with Crippen LogP contribution in [0.1, 0.15) is 38.7 Å². The molecule has 3 rings (SSSR count). The molecule has 2 heterocycles. The van der Waals surface area contributed by atoms with Gasteiger partial charge < -0.3 is 9.30 Å². The van der Waals surface area contributed by atoms with Gasteiger partial charge in [-0.25, -0.2) is 0 Å². The van der Waals surface area contributed by atoms with Crippen LogP contribution in [-0.2, 0) is 16.7 Å². The van der Waals surface area contributed by atoms with Crippen LogP contribution in [0.15, 0.2) is 43.0 Å². The van der Waals surface area contributed by atoms with Crippen LogP contribution in [0.3, 0.4) is 0 Å². The molecule has 4 nitrogen and oxygen atoms in total. The lowest BCUT2D eigenvalue weighted by atomic mass is 9.67. The van der Waals surface area contributed by atoms with E-state index in [4.69, 9.17) is 4.74 Å². The second kappa shape index (κ2) is 5.60. The Labute approximate surface area is 126 Å². The average molecular weight is 285 g/mol. The zero-order chi connectivity index (χ0) is 14.8. The van der Waals surface area contributed by atoms with Gasteiger partial charge in [0, 0.05) is 18.6 Å². The lowest BCUT2D eigenvalue weighted by Gasteiger charge is -2.45. The summed E-state index contributed by atoms with van der Waals surface area (Å²) in [6, 6.07) is 10.9. The Morgan fingerprint density at radius 2 is 1.86 bits per heavy atom. The van der Waals surface area contributed by atoms with Crippen molar-refractivity contribution in [3.8, 4) is 0 Å². The van der Waals surface area contributed by atoms with Crippen molar-refractivity contribution >= 4 is 0 Å². The van der Waals surface area contributed by atoms with Crippen LogP contribution in [0, 0.1) is 0 Å². The van der Waals surface area contributed by atoms with E-state index >= 15 is 0 Å². The molecule has 1 fully saturated rings. The molecule has 0 amide bonds. The smallest absolute Gasteiger partial charge is 0.119 e. The highest BCUT2D eigenvalue weighted by atomic mass is 16.5. The van der Waals surface area contributed by atoms with Crippen molar-refractivity contribution in [1.29, 1.82) is 0 Å². The number of ether oxygens (including phenoxy) is 1. The Morgan fingerprint density at radius 1 is 1.14 bits per heavy atom. The second-order valence-electron chi connectivity index (χ2n) is 6.63. The summed E-state index contributed by atoms with van der Waals surface area (Å²) in [6.07, 6.45) is 6.79. The second-order valence-corrected chi connectivity index (χ2v) is 6.63. The van der Waals surface area contributed by atoms with Gasteiger partial charge in [0.25, 0.3) is 0 Å². The first-order chi connectivity index (χ1) is 10.1. The summed E-state index contributed by atoms with van der Waals surface area (Å²) in [4.78, 5) is 0. The summed E-state index contributed by atoms with van der Waals surface area (Å²) in [5, 5.41) is 7.80. The Hall–Kier alpha value is -1.68. The summed E-state index contributed by atoms with van der Waals surface area (Å²) in [5.74, 6) is 0. The van der Waals surface area contributed by atoms with Gasteiger partial charge in [-0.05, 0) is 38.7 Å². The molecule has 0 bridgehead atoms. The summed E-state index contributed by atoms with van der Waals surface area (Å²) in [6.45, 7) is 6.16. The Morgan fingerprint density at radius 3 is 2.52 bits per heavy atom. The van der Waals surface area contributed by atoms with Gasteiger partial charge in [-0.1, -0.05) is 30.3 Å². The molecule has 1 saturated heterocycles. The van der Waals surface area contributed by atoms with Crippen molar-refractivity contribution in [3.63, 3.8) is 0 Å². The van der Waals surface area contributed by atoms with Gasteiger partial charge >= 0.3 is 0 Å². The van der Waals surface area contributed by atoms with Crippen molar-refractivity contribution in [2.45, 2.75) is 50.7 Å². The number of aromatic nitrogens is 3. The minimum absolute atomic E-state index is 0.0682. The monoisotopic (exact) mass is 285 g/mol. The highest BCUT2D eigenvalue weighted by molar-refractivity contribution is 5.27. The molecule has 2 aromatic rings. The molecular weight excluding hydrogens is 262 g/mol. The SMILES string of the molecule is CC1(C)CC(CCn2cnnc2)(c2ccccc2)CCO1. The van der Waals surface area contributed by atoms with Crippen LogP contribution in [0.2, 0.25) is 0 Å². The maximum atomic E-state index is 5.95. The first-order valence-electron chi connectivity index (χ1n) is 7.62. The molecule has 1 unspecified atom stereocenters. The molecule has 0 radical (unpaired) electrons.